The standard InChI is InChI=1S/C19H17NO7/c1-24-16-10-13(11-17-19(16)26-9-8-25-17)6-7-18(21)27-12-14-4-2-3-5-15(14)20(22)23/h2-7,10-11H,8-9,12H2,1H3/b7-6+. The summed E-state index contributed by atoms with van der Waals surface area (Å²) in [5, 5.41) is 11.0. The summed E-state index contributed by atoms with van der Waals surface area (Å²) in [6.45, 7) is 0.683. The van der Waals surface area contributed by atoms with Crippen LogP contribution in [0, 0.1) is 10.1 Å². The van der Waals surface area contributed by atoms with Gasteiger partial charge in [0.1, 0.15) is 19.8 Å². The zero-order valence-electron chi connectivity index (χ0n) is 14.5. The molecule has 0 aliphatic carbocycles. The van der Waals surface area contributed by atoms with Crippen molar-refractivity contribution in [3.05, 3.63) is 63.7 Å². The highest BCUT2D eigenvalue weighted by Gasteiger charge is 2.18. The van der Waals surface area contributed by atoms with Gasteiger partial charge in [0, 0.05) is 12.1 Å². The van der Waals surface area contributed by atoms with Crippen molar-refractivity contribution in [1.29, 1.82) is 0 Å². The van der Waals surface area contributed by atoms with Gasteiger partial charge in [0.2, 0.25) is 5.75 Å². The summed E-state index contributed by atoms with van der Waals surface area (Å²) in [7, 11) is 1.52. The molecule has 0 N–H and O–H groups in total. The number of nitro groups is 1. The third-order valence-corrected chi connectivity index (χ3v) is 3.82. The Morgan fingerprint density at radius 2 is 2.04 bits per heavy atom. The Hall–Kier alpha value is -3.55. The van der Waals surface area contributed by atoms with Crippen molar-refractivity contribution >= 4 is 17.7 Å². The Morgan fingerprint density at radius 1 is 1.26 bits per heavy atom. The summed E-state index contributed by atoms with van der Waals surface area (Å²) in [4.78, 5) is 22.4. The molecule has 140 valence electrons. The summed E-state index contributed by atoms with van der Waals surface area (Å²) in [5.41, 5.74) is 0.898. The van der Waals surface area contributed by atoms with Crippen molar-refractivity contribution in [2.45, 2.75) is 6.61 Å². The van der Waals surface area contributed by atoms with Gasteiger partial charge in [0.15, 0.2) is 11.5 Å². The average Bonchev–Trinajstić information content (AvgIpc) is 2.70. The first-order valence-electron chi connectivity index (χ1n) is 8.13. The van der Waals surface area contributed by atoms with E-state index in [1.54, 1.807) is 36.4 Å². The number of methoxy groups -OCH3 is 1. The lowest BCUT2D eigenvalue weighted by Crippen LogP contribution is -2.16. The Kier molecular flexibility index (Phi) is 5.55. The van der Waals surface area contributed by atoms with E-state index in [1.165, 1.54) is 19.3 Å². The number of carbonyl (C=O) groups excluding carboxylic acids is 1. The van der Waals surface area contributed by atoms with E-state index in [0.29, 0.717) is 41.6 Å². The van der Waals surface area contributed by atoms with Crippen LogP contribution >= 0.6 is 0 Å². The van der Waals surface area contributed by atoms with Gasteiger partial charge in [-0.2, -0.15) is 0 Å². The molecular weight excluding hydrogens is 354 g/mol. The molecule has 0 unspecified atom stereocenters. The van der Waals surface area contributed by atoms with E-state index in [0.717, 1.165) is 0 Å². The molecular formula is C19H17NO7. The van der Waals surface area contributed by atoms with Gasteiger partial charge < -0.3 is 18.9 Å². The van der Waals surface area contributed by atoms with E-state index in [4.69, 9.17) is 18.9 Å². The van der Waals surface area contributed by atoms with Crippen molar-refractivity contribution < 1.29 is 28.7 Å². The molecule has 27 heavy (non-hydrogen) atoms. The lowest BCUT2D eigenvalue weighted by molar-refractivity contribution is -0.385. The van der Waals surface area contributed by atoms with Crippen LogP contribution in [0.5, 0.6) is 17.2 Å². The van der Waals surface area contributed by atoms with Crippen molar-refractivity contribution in [2.24, 2.45) is 0 Å². The zero-order valence-corrected chi connectivity index (χ0v) is 14.5. The molecule has 2 aromatic carbocycles. The molecule has 0 saturated heterocycles. The van der Waals surface area contributed by atoms with Crippen LogP contribution in [-0.2, 0) is 16.1 Å². The van der Waals surface area contributed by atoms with E-state index in [-0.39, 0.29) is 12.3 Å². The molecule has 0 aromatic heterocycles. The highest BCUT2D eigenvalue weighted by atomic mass is 16.6. The second kappa shape index (κ2) is 8.22. The van der Waals surface area contributed by atoms with Crippen molar-refractivity contribution in [3.8, 4) is 17.2 Å². The predicted molar refractivity (Wildman–Crippen MR) is 95.9 cm³/mol. The molecule has 1 aliphatic rings. The summed E-state index contributed by atoms with van der Waals surface area (Å²) in [6.07, 6.45) is 2.78. The maximum atomic E-state index is 11.9. The van der Waals surface area contributed by atoms with Gasteiger partial charge in [-0.3, -0.25) is 10.1 Å². The molecule has 0 fully saturated rings. The zero-order chi connectivity index (χ0) is 19.2. The van der Waals surface area contributed by atoms with E-state index in [1.807, 2.05) is 0 Å². The number of carbonyl (C=O) groups is 1. The van der Waals surface area contributed by atoms with Gasteiger partial charge in [-0.1, -0.05) is 12.1 Å². The largest absolute Gasteiger partial charge is 0.493 e. The predicted octanol–water partition coefficient (Wildman–Crippen LogP) is 3.13. The van der Waals surface area contributed by atoms with E-state index in [9.17, 15) is 14.9 Å². The Bertz CT molecular complexity index is 874. The molecule has 0 spiro atoms. The summed E-state index contributed by atoms with van der Waals surface area (Å²) >= 11 is 0. The minimum atomic E-state index is -0.623. The third-order valence-electron chi connectivity index (χ3n) is 3.82. The quantitative estimate of drug-likeness (QED) is 0.333. The van der Waals surface area contributed by atoms with E-state index >= 15 is 0 Å². The van der Waals surface area contributed by atoms with Gasteiger partial charge in [0.25, 0.3) is 5.69 Å². The SMILES string of the molecule is COc1cc(/C=C/C(=O)OCc2ccccc2[N+](=O)[O-])cc2c1OCCO2. The number of hydrogen-bond donors (Lipinski definition) is 0. The van der Waals surface area contributed by atoms with Crippen molar-refractivity contribution in [1.82, 2.24) is 0 Å². The number of rotatable bonds is 6. The molecule has 0 bridgehead atoms. The molecule has 1 heterocycles. The highest BCUT2D eigenvalue weighted by molar-refractivity contribution is 5.87. The summed E-state index contributed by atoms with van der Waals surface area (Å²) in [5.74, 6) is 0.940. The lowest BCUT2D eigenvalue weighted by Gasteiger charge is -2.20. The van der Waals surface area contributed by atoms with Gasteiger partial charge in [-0.15, -0.1) is 0 Å². The molecule has 0 saturated carbocycles. The van der Waals surface area contributed by atoms with Gasteiger partial charge >= 0.3 is 5.97 Å². The van der Waals surface area contributed by atoms with Crippen molar-refractivity contribution in [2.75, 3.05) is 20.3 Å². The first-order valence-corrected chi connectivity index (χ1v) is 8.13. The Balaban J connectivity index is 1.68. The Morgan fingerprint density at radius 3 is 2.81 bits per heavy atom. The second-order valence-corrected chi connectivity index (χ2v) is 5.57. The minimum Gasteiger partial charge on any atom is -0.493 e. The number of hydrogen-bond acceptors (Lipinski definition) is 7. The highest BCUT2D eigenvalue weighted by Crippen LogP contribution is 2.40. The summed E-state index contributed by atoms with van der Waals surface area (Å²) in [6, 6.07) is 9.54. The van der Waals surface area contributed by atoms with Crippen LogP contribution in [0.2, 0.25) is 0 Å². The molecule has 0 atom stereocenters. The number of fused-ring (bicyclic) bond motifs is 1. The smallest absolute Gasteiger partial charge is 0.331 e. The molecule has 8 heteroatoms. The maximum Gasteiger partial charge on any atom is 0.331 e. The molecule has 1 aliphatic heterocycles. The van der Waals surface area contributed by atoms with Gasteiger partial charge in [0.05, 0.1) is 17.6 Å². The van der Waals surface area contributed by atoms with Crippen LogP contribution in [-0.4, -0.2) is 31.2 Å². The summed E-state index contributed by atoms with van der Waals surface area (Å²) < 4.78 is 21.4. The van der Waals surface area contributed by atoms with Crippen LogP contribution in [0.4, 0.5) is 5.69 Å². The van der Waals surface area contributed by atoms with Crippen LogP contribution < -0.4 is 14.2 Å². The van der Waals surface area contributed by atoms with Gasteiger partial charge in [-0.25, -0.2) is 4.79 Å². The fourth-order valence-corrected chi connectivity index (χ4v) is 2.56. The molecule has 8 nitrogen and oxygen atoms in total. The number of esters is 1. The average molecular weight is 371 g/mol. The minimum absolute atomic E-state index is 0.0918. The number of nitrogens with zero attached hydrogens (tertiary/aromatic N) is 1. The van der Waals surface area contributed by atoms with Crippen molar-refractivity contribution in [3.63, 3.8) is 0 Å². The van der Waals surface area contributed by atoms with E-state index in [2.05, 4.69) is 0 Å². The van der Waals surface area contributed by atoms with Gasteiger partial charge in [-0.05, 0) is 29.8 Å². The van der Waals surface area contributed by atoms with Crippen LogP contribution in [0.3, 0.4) is 0 Å². The second-order valence-electron chi connectivity index (χ2n) is 5.57. The van der Waals surface area contributed by atoms with Crippen LogP contribution in [0.1, 0.15) is 11.1 Å². The normalized spacial score (nSPS) is 12.6. The molecule has 0 radical (unpaired) electrons. The molecule has 3 rings (SSSR count). The first kappa shape index (κ1) is 18.2. The molecule has 0 amide bonds. The first-order chi connectivity index (χ1) is 13.1. The van der Waals surface area contributed by atoms with Crippen LogP contribution in [0.25, 0.3) is 6.08 Å². The van der Waals surface area contributed by atoms with Crippen LogP contribution in [0.15, 0.2) is 42.5 Å². The Labute approximate surface area is 155 Å². The molecule has 2 aromatic rings. The third kappa shape index (κ3) is 4.35. The number of ether oxygens (including phenoxy) is 4. The number of benzene rings is 2. The van der Waals surface area contributed by atoms with E-state index < -0.39 is 10.9 Å². The topological polar surface area (TPSA) is 97.1 Å². The maximum absolute atomic E-state index is 11.9. The monoisotopic (exact) mass is 371 g/mol. The fraction of sp³-hybridized carbons (Fsp3) is 0.211. The fourth-order valence-electron chi connectivity index (χ4n) is 2.56. The number of nitro benzene ring substituents is 1. The lowest BCUT2D eigenvalue weighted by atomic mass is 10.1. The number of para-hydroxylation sites is 1.